The number of H-pyrrole nitrogens is 1. The van der Waals surface area contributed by atoms with E-state index in [1.165, 1.54) is 0 Å². The van der Waals surface area contributed by atoms with E-state index in [0.29, 0.717) is 5.82 Å². The van der Waals surface area contributed by atoms with Gasteiger partial charge >= 0.3 is 0 Å². The first-order valence-corrected chi connectivity index (χ1v) is 5.91. The molecule has 0 aliphatic rings. The van der Waals surface area contributed by atoms with Crippen LogP contribution in [0.4, 0.5) is 0 Å². The summed E-state index contributed by atoms with van der Waals surface area (Å²) in [6, 6.07) is 5.69. The fourth-order valence-electron chi connectivity index (χ4n) is 1.69. The number of aromatic nitrogens is 5. The summed E-state index contributed by atoms with van der Waals surface area (Å²) in [5.41, 5.74) is 2.70. The Morgan fingerprint density at radius 1 is 1.11 bits per heavy atom. The van der Waals surface area contributed by atoms with Crippen LogP contribution in [0.3, 0.4) is 0 Å². The number of aryl methyl sites for hydroxylation is 1. The van der Waals surface area contributed by atoms with Gasteiger partial charge in [0.1, 0.15) is 0 Å². The van der Waals surface area contributed by atoms with E-state index >= 15 is 0 Å². The molecule has 1 N–H and O–H groups in total. The highest BCUT2D eigenvalue weighted by atomic mass is 35.5. The van der Waals surface area contributed by atoms with Crippen LogP contribution in [0.1, 0.15) is 5.69 Å². The molecule has 0 unspecified atom stereocenters. The second kappa shape index (κ2) is 4.19. The molecule has 0 atom stereocenters. The van der Waals surface area contributed by atoms with Crippen molar-refractivity contribution >= 4 is 34.1 Å². The second-order valence-corrected chi connectivity index (χ2v) is 4.51. The molecule has 90 valence electrons. The van der Waals surface area contributed by atoms with E-state index in [4.69, 9.17) is 23.2 Å². The molecule has 0 fully saturated rings. The van der Waals surface area contributed by atoms with Gasteiger partial charge in [0.05, 0.1) is 5.52 Å². The van der Waals surface area contributed by atoms with Crippen LogP contribution < -0.4 is 0 Å². The van der Waals surface area contributed by atoms with Gasteiger partial charge in [-0.05, 0) is 25.1 Å². The Morgan fingerprint density at radius 2 is 1.94 bits per heavy atom. The molecule has 0 spiro atoms. The molecule has 0 aliphatic carbocycles. The highest BCUT2D eigenvalue weighted by Crippen LogP contribution is 2.24. The van der Waals surface area contributed by atoms with E-state index < -0.39 is 0 Å². The molecule has 0 saturated heterocycles. The van der Waals surface area contributed by atoms with Gasteiger partial charge in [-0.2, -0.15) is 5.10 Å². The van der Waals surface area contributed by atoms with Crippen LogP contribution in [0.25, 0.3) is 22.3 Å². The molecule has 0 radical (unpaired) electrons. The minimum Gasteiger partial charge on any atom is -0.282 e. The van der Waals surface area contributed by atoms with Crippen LogP contribution in [0.2, 0.25) is 10.3 Å². The van der Waals surface area contributed by atoms with Crippen molar-refractivity contribution in [1.29, 1.82) is 0 Å². The standard InChI is InChI=1S/C11H7Cl2N5/c1-5-7-4-6(2-3-8(7)16-15-5)11-14-9(12)10(13)17-18-11/h2-4H,1H3,(H,15,16). The fourth-order valence-corrected chi connectivity index (χ4v) is 1.89. The van der Waals surface area contributed by atoms with Gasteiger partial charge in [0, 0.05) is 16.6 Å². The van der Waals surface area contributed by atoms with Crippen molar-refractivity contribution in [2.45, 2.75) is 6.92 Å². The molecule has 3 aromatic rings. The smallest absolute Gasteiger partial charge is 0.189 e. The van der Waals surface area contributed by atoms with Gasteiger partial charge in [-0.3, -0.25) is 5.10 Å². The van der Waals surface area contributed by atoms with Crippen molar-refractivity contribution in [3.8, 4) is 11.4 Å². The lowest BCUT2D eigenvalue weighted by atomic mass is 10.1. The van der Waals surface area contributed by atoms with Crippen molar-refractivity contribution in [2.24, 2.45) is 0 Å². The Kier molecular flexibility index (Phi) is 2.65. The van der Waals surface area contributed by atoms with Crippen LogP contribution in [0, 0.1) is 6.92 Å². The van der Waals surface area contributed by atoms with Crippen LogP contribution in [0.15, 0.2) is 18.2 Å². The fraction of sp³-hybridized carbons (Fsp3) is 0.0909. The summed E-state index contributed by atoms with van der Waals surface area (Å²) in [5, 5.41) is 16.0. The monoisotopic (exact) mass is 279 g/mol. The Hall–Kier alpha value is -1.72. The quantitative estimate of drug-likeness (QED) is 0.744. The number of fused-ring (bicyclic) bond motifs is 1. The molecule has 0 bridgehead atoms. The van der Waals surface area contributed by atoms with E-state index in [0.717, 1.165) is 22.2 Å². The molecule has 7 heteroatoms. The molecule has 0 amide bonds. The van der Waals surface area contributed by atoms with Gasteiger partial charge in [0.25, 0.3) is 0 Å². The third-order valence-electron chi connectivity index (χ3n) is 2.61. The summed E-state index contributed by atoms with van der Waals surface area (Å²) in [6.45, 7) is 1.95. The molecule has 2 aromatic heterocycles. The van der Waals surface area contributed by atoms with Crippen molar-refractivity contribution < 1.29 is 0 Å². The SMILES string of the molecule is Cc1[nH]nc2ccc(-c3nnc(Cl)c(Cl)n3)cc12. The van der Waals surface area contributed by atoms with Gasteiger partial charge in [0.2, 0.25) is 0 Å². The zero-order chi connectivity index (χ0) is 12.7. The normalized spacial score (nSPS) is 11.1. The summed E-state index contributed by atoms with van der Waals surface area (Å²) >= 11 is 11.5. The topological polar surface area (TPSA) is 67.3 Å². The highest BCUT2D eigenvalue weighted by Gasteiger charge is 2.09. The van der Waals surface area contributed by atoms with Gasteiger partial charge in [-0.15, -0.1) is 10.2 Å². The van der Waals surface area contributed by atoms with Crippen LogP contribution >= 0.6 is 23.2 Å². The molecule has 1 aromatic carbocycles. The Labute approximate surface area is 112 Å². The van der Waals surface area contributed by atoms with E-state index in [1.54, 1.807) is 0 Å². The highest BCUT2D eigenvalue weighted by molar-refractivity contribution is 6.40. The van der Waals surface area contributed by atoms with Crippen LogP contribution in [0.5, 0.6) is 0 Å². The van der Waals surface area contributed by atoms with Gasteiger partial charge in [-0.1, -0.05) is 23.2 Å². The molecular weight excluding hydrogens is 273 g/mol. The lowest BCUT2D eigenvalue weighted by Crippen LogP contribution is -1.93. The van der Waals surface area contributed by atoms with Crippen LogP contribution in [-0.4, -0.2) is 25.4 Å². The van der Waals surface area contributed by atoms with E-state index in [9.17, 15) is 0 Å². The van der Waals surface area contributed by atoms with E-state index in [-0.39, 0.29) is 10.3 Å². The van der Waals surface area contributed by atoms with Crippen LogP contribution in [-0.2, 0) is 0 Å². The lowest BCUT2D eigenvalue weighted by molar-refractivity contribution is 0.981. The van der Waals surface area contributed by atoms with E-state index in [1.807, 2.05) is 25.1 Å². The first kappa shape index (κ1) is 11.4. The maximum atomic E-state index is 5.83. The van der Waals surface area contributed by atoms with Crippen molar-refractivity contribution in [1.82, 2.24) is 25.4 Å². The van der Waals surface area contributed by atoms with E-state index in [2.05, 4.69) is 25.4 Å². The Bertz CT molecular complexity index is 737. The number of nitrogens with zero attached hydrogens (tertiary/aromatic N) is 4. The molecule has 18 heavy (non-hydrogen) atoms. The average Bonchev–Trinajstić information content (AvgIpc) is 2.74. The van der Waals surface area contributed by atoms with Gasteiger partial charge < -0.3 is 0 Å². The summed E-state index contributed by atoms with van der Waals surface area (Å²) in [4.78, 5) is 4.09. The molecule has 0 saturated carbocycles. The third kappa shape index (κ3) is 1.81. The van der Waals surface area contributed by atoms with Crippen molar-refractivity contribution in [2.75, 3.05) is 0 Å². The predicted molar refractivity (Wildman–Crippen MR) is 69.7 cm³/mol. The maximum absolute atomic E-state index is 5.83. The van der Waals surface area contributed by atoms with Crippen molar-refractivity contribution in [3.05, 3.63) is 34.2 Å². The number of benzene rings is 1. The summed E-state index contributed by atoms with van der Waals surface area (Å²) in [7, 11) is 0. The number of rotatable bonds is 1. The van der Waals surface area contributed by atoms with Gasteiger partial charge in [-0.25, -0.2) is 4.98 Å². The molecule has 2 heterocycles. The third-order valence-corrected chi connectivity index (χ3v) is 3.22. The number of hydrogen-bond acceptors (Lipinski definition) is 4. The minimum absolute atomic E-state index is 0.0981. The minimum atomic E-state index is 0.0981. The predicted octanol–water partition coefficient (Wildman–Crippen LogP) is 3.03. The first-order valence-electron chi connectivity index (χ1n) is 5.16. The summed E-state index contributed by atoms with van der Waals surface area (Å²) in [6.07, 6.45) is 0. The number of halogens is 2. The Morgan fingerprint density at radius 3 is 2.72 bits per heavy atom. The Balaban J connectivity index is 2.18. The molecule has 0 aliphatic heterocycles. The average molecular weight is 280 g/mol. The molecule has 5 nitrogen and oxygen atoms in total. The van der Waals surface area contributed by atoms with Crippen molar-refractivity contribution in [3.63, 3.8) is 0 Å². The largest absolute Gasteiger partial charge is 0.282 e. The zero-order valence-corrected chi connectivity index (χ0v) is 10.8. The number of nitrogens with one attached hydrogen (secondary N) is 1. The summed E-state index contributed by atoms with van der Waals surface area (Å²) in [5.74, 6) is 0.437. The maximum Gasteiger partial charge on any atom is 0.189 e. The van der Waals surface area contributed by atoms with Gasteiger partial charge in [0.15, 0.2) is 16.1 Å². The first-order chi connectivity index (χ1) is 8.65. The zero-order valence-electron chi connectivity index (χ0n) is 9.28. The lowest BCUT2D eigenvalue weighted by Gasteiger charge is -2.00. The number of aromatic amines is 1. The number of hydrogen-bond donors (Lipinski definition) is 1. The molecule has 3 rings (SSSR count). The summed E-state index contributed by atoms with van der Waals surface area (Å²) < 4.78 is 0. The molecular formula is C11H7Cl2N5. The second-order valence-electron chi connectivity index (χ2n) is 3.80.